The molecule has 1 aromatic carbocycles. The Morgan fingerprint density at radius 1 is 1.38 bits per heavy atom. The monoisotopic (exact) mass is 179 g/mol. The number of aryl methyl sites for hydroxylation is 1. The Hall–Kier alpha value is -0.860. The van der Waals surface area contributed by atoms with E-state index in [-0.39, 0.29) is 0 Å². The van der Waals surface area contributed by atoms with Crippen LogP contribution in [0.1, 0.15) is 11.1 Å². The van der Waals surface area contributed by atoms with Crippen LogP contribution >= 0.6 is 0 Å². The second kappa shape index (κ2) is 5.73. The van der Waals surface area contributed by atoms with E-state index in [0.29, 0.717) is 0 Å². The number of methoxy groups -OCH3 is 1. The minimum atomic E-state index is 0.770. The maximum atomic E-state index is 4.94. The van der Waals surface area contributed by atoms with Gasteiger partial charge in [-0.3, -0.25) is 0 Å². The summed E-state index contributed by atoms with van der Waals surface area (Å²) < 4.78 is 4.94. The third-order valence-electron chi connectivity index (χ3n) is 1.89. The smallest absolute Gasteiger partial charge is 0.0587 e. The van der Waals surface area contributed by atoms with Gasteiger partial charge in [-0.2, -0.15) is 0 Å². The van der Waals surface area contributed by atoms with Crippen molar-refractivity contribution in [2.45, 2.75) is 13.5 Å². The minimum absolute atomic E-state index is 0.770. The fourth-order valence-electron chi connectivity index (χ4n) is 1.23. The Morgan fingerprint density at radius 2 is 2.23 bits per heavy atom. The molecule has 0 atom stereocenters. The van der Waals surface area contributed by atoms with Gasteiger partial charge < -0.3 is 10.1 Å². The number of hydrogen-bond acceptors (Lipinski definition) is 2. The first-order valence-electron chi connectivity index (χ1n) is 4.58. The van der Waals surface area contributed by atoms with Crippen molar-refractivity contribution in [2.24, 2.45) is 0 Å². The van der Waals surface area contributed by atoms with E-state index >= 15 is 0 Å². The fraction of sp³-hybridized carbons (Fsp3) is 0.455. The van der Waals surface area contributed by atoms with Crippen molar-refractivity contribution in [3.05, 3.63) is 35.4 Å². The summed E-state index contributed by atoms with van der Waals surface area (Å²) in [4.78, 5) is 0. The highest BCUT2D eigenvalue weighted by atomic mass is 16.5. The second-order valence-electron chi connectivity index (χ2n) is 3.16. The van der Waals surface area contributed by atoms with E-state index in [9.17, 15) is 0 Å². The van der Waals surface area contributed by atoms with E-state index in [4.69, 9.17) is 4.74 Å². The molecule has 0 unspecified atom stereocenters. The molecular formula is C11H17NO. The van der Waals surface area contributed by atoms with Gasteiger partial charge in [0.1, 0.15) is 0 Å². The van der Waals surface area contributed by atoms with Gasteiger partial charge in [-0.25, -0.2) is 0 Å². The largest absolute Gasteiger partial charge is 0.383 e. The molecule has 0 spiro atoms. The van der Waals surface area contributed by atoms with E-state index in [1.54, 1.807) is 7.11 Å². The maximum Gasteiger partial charge on any atom is 0.0587 e. The minimum Gasteiger partial charge on any atom is -0.383 e. The standard InChI is InChI=1S/C11H17NO/c1-10-4-3-5-11(8-10)9-12-6-7-13-2/h3-5,8,12H,6-7,9H2,1-2H3. The van der Waals surface area contributed by atoms with Crippen LogP contribution in [-0.4, -0.2) is 20.3 Å². The fourth-order valence-corrected chi connectivity index (χ4v) is 1.23. The summed E-state index contributed by atoms with van der Waals surface area (Å²) in [7, 11) is 1.72. The van der Waals surface area contributed by atoms with Crippen LogP contribution in [0.2, 0.25) is 0 Å². The molecule has 2 nitrogen and oxygen atoms in total. The molecule has 72 valence electrons. The molecule has 2 heteroatoms. The Labute approximate surface area is 79.9 Å². The number of ether oxygens (including phenoxy) is 1. The Kier molecular flexibility index (Phi) is 4.50. The molecule has 0 saturated heterocycles. The molecule has 0 saturated carbocycles. The van der Waals surface area contributed by atoms with Gasteiger partial charge in [0.25, 0.3) is 0 Å². The van der Waals surface area contributed by atoms with Crippen molar-refractivity contribution in [1.82, 2.24) is 5.32 Å². The zero-order valence-electron chi connectivity index (χ0n) is 8.34. The first-order valence-corrected chi connectivity index (χ1v) is 4.58. The van der Waals surface area contributed by atoms with Crippen molar-refractivity contribution in [1.29, 1.82) is 0 Å². The number of rotatable bonds is 5. The van der Waals surface area contributed by atoms with Crippen LogP contribution in [0, 0.1) is 6.92 Å². The Bertz CT molecular complexity index is 248. The van der Waals surface area contributed by atoms with E-state index in [1.165, 1.54) is 11.1 Å². The molecule has 0 fully saturated rings. The van der Waals surface area contributed by atoms with Crippen molar-refractivity contribution in [2.75, 3.05) is 20.3 Å². The van der Waals surface area contributed by atoms with Gasteiger partial charge in [0, 0.05) is 20.2 Å². The summed E-state index contributed by atoms with van der Waals surface area (Å²) in [5.41, 5.74) is 2.64. The lowest BCUT2D eigenvalue weighted by molar-refractivity contribution is 0.199. The highest BCUT2D eigenvalue weighted by Gasteiger charge is 1.91. The average molecular weight is 179 g/mol. The SMILES string of the molecule is COCCNCc1cccc(C)c1. The van der Waals surface area contributed by atoms with Gasteiger partial charge in [0.15, 0.2) is 0 Å². The zero-order chi connectivity index (χ0) is 9.52. The first kappa shape index (κ1) is 10.2. The summed E-state index contributed by atoms with van der Waals surface area (Å²) in [6, 6.07) is 8.52. The molecule has 13 heavy (non-hydrogen) atoms. The lowest BCUT2D eigenvalue weighted by Crippen LogP contribution is -2.18. The highest BCUT2D eigenvalue weighted by molar-refractivity contribution is 5.21. The van der Waals surface area contributed by atoms with Gasteiger partial charge in [-0.1, -0.05) is 29.8 Å². The Balaban J connectivity index is 2.28. The average Bonchev–Trinajstić information content (AvgIpc) is 2.13. The molecule has 0 radical (unpaired) electrons. The van der Waals surface area contributed by atoms with E-state index < -0.39 is 0 Å². The van der Waals surface area contributed by atoms with Crippen LogP contribution in [0.3, 0.4) is 0 Å². The molecule has 1 rings (SSSR count). The molecule has 1 aromatic rings. The van der Waals surface area contributed by atoms with Gasteiger partial charge in [-0.15, -0.1) is 0 Å². The normalized spacial score (nSPS) is 10.3. The lowest BCUT2D eigenvalue weighted by atomic mass is 10.1. The molecule has 1 N–H and O–H groups in total. The molecule has 0 amide bonds. The van der Waals surface area contributed by atoms with Gasteiger partial charge >= 0.3 is 0 Å². The molecule has 0 heterocycles. The summed E-state index contributed by atoms with van der Waals surface area (Å²) >= 11 is 0. The molecule has 0 aliphatic heterocycles. The van der Waals surface area contributed by atoms with E-state index in [0.717, 1.165) is 19.7 Å². The summed E-state index contributed by atoms with van der Waals surface area (Å²) in [5.74, 6) is 0. The first-order chi connectivity index (χ1) is 6.33. The summed E-state index contributed by atoms with van der Waals surface area (Å²) in [6.45, 7) is 4.71. The lowest BCUT2D eigenvalue weighted by Gasteiger charge is -2.04. The summed E-state index contributed by atoms with van der Waals surface area (Å²) in [6.07, 6.45) is 0. The van der Waals surface area contributed by atoms with Crippen LogP contribution in [-0.2, 0) is 11.3 Å². The topological polar surface area (TPSA) is 21.3 Å². The van der Waals surface area contributed by atoms with Crippen molar-refractivity contribution >= 4 is 0 Å². The molecule has 0 aliphatic carbocycles. The van der Waals surface area contributed by atoms with Crippen LogP contribution in [0.15, 0.2) is 24.3 Å². The molecule has 0 aromatic heterocycles. The van der Waals surface area contributed by atoms with Crippen LogP contribution < -0.4 is 5.32 Å². The predicted octanol–water partition coefficient (Wildman–Crippen LogP) is 1.73. The summed E-state index contributed by atoms with van der Waals surface area (Å²) in [5, 5.41) is 3.30. The van der Waals surface area contributed by atoms with Gasteiger partial charge in [-0.05, 0) is 12.5 Å². The van der Waals surface area contributed by atoms with Crippen LogP contribution in [0.5, 0.6) is 0 Å². The van der Waals surface area contributed by atoms with Crippen molar-refractivity contribution < 1.29 is 4.74 Å². The second-order valence-corrected chi connectivity index (χ2v) is 3.16. The zero-order valence-corrected chi connectivity index (χ0v) is 8.34. The van der Waals surface area contributed by atoms with Crippen molar-refractivity contribution in [3.63, 3.8) is 0 Å². The molecule has 0 aliphatic rings. The quantitative estimate of drug-likeness (QED) is 0.695. The number of nitrogens with one attached hydrogen (secondary N) is 1. The number of benzene rings is 1. The van der Waals surface area contributed by atoms with Gasteiger partial charge in [0.2, 0.25) is 0 Å². The predicted molar refractivity (Wildman–Crippen MR) is 54.8 cm³/mol. The van der Waals surface area contributed by atoms with E-state index in [1.807, 2.05) is 0 Å². The number of hydrogen-bond donors (Lipinski definition) is 1. The third-order valence-corrected chi connectivity index (χ3v) is 1.89. The maximum absolute atomic E-state index is 4.94. The highest BCUT2D eigenvalue weighted by Crippen LogP contribution is 2.02. The third kappa shape index (κ3) is 4.06. The van der Waals surface area contributed by atoms with Gasteiger partial charge in [0.05, 0.1) is 6.61 Å². The van der Waals surface area contributed by atoms with Crippen LogP contribution in [0.4, 0.5) is 0 Å². The molecular weight excluding hydrogens is 162 g/mol. The molecule has 0 bridgehead atoms. The van der Waals surface area contributed by atoms with Crippen LogP contribution in [0.25, 0.3) is 0 Å². The van der Waals surface area contributed by atoms with E-state index in [2.05, 4.69) is 36.5 Å². The Morgan fingerprint density at radius 3 is 2.92 bits per heavy atom. The van der Waals surface area contributed by atoms with Crippen molar-refractivity contribution in [3.8, 4) is 0 Å².